The molecule has 0 bridgehead atoms. The van der Waals surface area contributed by atoms with Crippen molar-refractivity contribution in [3.05, 3.63) is 0 Å². The summed E-state index contributed by atoms with van der Waals surface area (Å²) in [4.78, 5) is 0. The zero-order valence-electron chi connectivity index (χ0n) is 103. The van der Waals surface area contributed by atoms with E-state index in [9.17, 15) is 0 Å². The Hall–Kier alpha value is -0.720. The third-order valence-electron chi connectivity index (χ3n) is 36.2. The van der Waals surface area contributed by atoms with Gasteiger partial charge in [0.15, 0.2) is 0 Å². The highest BCUT2D eigenvalue weighted by Crippen LogP contribution is 2.42. The van der Waals surface area contributed by atoms with Crippen LogP contribution in [0.1, 0.15) is 534 Å². The lowest BCUT2D eigenvalue weighted by atomic mass is 9.71. The summed E-state index contributed by atoms with van der Waals surface area (Å²) in [5.74, 6) is 8.54. The summed E-state index contributed by atoms with van der Waals surface area (Å²) in [5.41, 5.74) is 1.51. The van der Waals surface area contributed by atoms with Gasteiger partial charge in [-0.05, 0) is 416 Å². The Kier molecular flexibility index (Phi) is 80.4. The summed E-state index contributed by atoms with van der Waals surface area (Å²) < 4.78 is 48.4. The Labute approximate surface area is 915 Å². The maximum Gasteiger partial charge on any atom is 0.0480 e. The van der Waals surface area contributed by atoms with Gasteiger partial charge in [-0.2, -0.15) is 0 Å². The van der Waals surface area contributed by atoms with E-state index in [1.54, 1.807) is 0 Å². The first-order valence-electron chi connectivity index (χ1n) is 65.3. The Morgan fingerprint density at radius 1 is 0.116 bits per heavy atom. The number of ether oxygens (including phenoxy) is 9. The SMILES string of the molecule is CC.CC.CC.CC.CC.CC.CC(C)(C)C1CCC(NC2CCOCC2)CC1.CC(C)(C)C1CCC(NC2CCOCC2)CC1.CC(C)(C)C1CCC(NC2CCOCC2)CC1.CC1CCC(NC2CCOCC2)CC1.CC1CCC(NC2CCOCC2)CC1.CC1CCC(NC2CCOCC2)CC1.CC1CCC(NC2CCOCC2)CC1.CC1CCC(NC2CCOCC2)CC1.CC1CCC(NC2CCOCC2)CC1. The van der Waals surface area contributed by atoms with Crippen molar-refractivity contribution in [3.63, 3.8) is 0 Å². The summed E-state index contributed by atoms with van der Waals surface area (Å²) in [7, 11) is 0. The molecular formula is C129H261N9O9. The van der Waals surface area contributed by atoms with Crippen molar-refractivity contribution in [1.29, 1.82) is 0 Å². The smallest absolute Gasteiger partial charge is 0.0480 e. The highest BCUT2D eigenvalue weighted by Gasteiger charge is 2.37. The maximum absolute atomic E-state index is 5.41. The molecule has 0 spiro atoms. The molecule has 18 aliphatic rings. The van der Waals surface area contributed by atoms with Crippen LogP contribution in [0.2, 0.25) is 0 Å². The molecule has 9 aliphatic heterocycles. The molecule has 0 aromatic heterocycles. The van der Waals surface area contributed by atoms with Gasteiger partial charge in [0.25, 0.3) is 0 Å². The summed E-state index contributed by atoms with van der Waals surface area (Å²) in [6, 6.07) is 13.7. The van der Waals surface area contributed by atoms with Crippen LogP contribution in [0.5, 0.6) is 0 Å². The summed E-state index contributed by atoms with van der Waals surface area (Å²) >= 11 is 0. The molecule has 0 unspecified atom stereocenters. The molecule has 9 saturated heterocycles. The van der Waals surface area contributed by atoms with Crippen LogP contribution in [0.4, 0.5) is 0 Å². The molecule has 0 atom stereocenters. The molecule has 147 heavy (non-hydrogen) atoms. The van der Waals surface area contributed by atoms with Crippen molar-refractivity contribution in [2.75, 3.05) is 119 Å². The largest absolute Gasteiger partial charge is 0.381 e. The minimum absolute atomic E-state index is 0.504. The summed E-state index contributed by atoms with van der Waals surface area (Å²) in [6.07, 6.45) is 72.2. The fraction of sp³-hybridized carbons (Fsp3) is 1.00. The van der Waals surface area contributed by atoms with Crippen molar-refractivity contribution in [2.45, 2.75) is 642 Å². The maximum atomic E-state index is 5.41. The predicted molar refractivity (Wildman–Crippen MR) is 635 cm³/mol. The standard InChI is InChI=1S/3C15H29NO.6C12H23NO.6C2H6/c3*1-15(2,3)12-4-6-13(7-5-12)16-14-8-10-17-11-9-14;6*1-10-2-4-11(5-3-10)13-12-6-8-14-9-7-12;6*1-2/h3*12-14,16H,4-11H2,1-3H3;6*10-13H,2-9H2,1H3;6*1-2H3. The van der Waals surface area contributed by atoms with E-state index in [1.807, 2.05) is 83.1 Å². The van der Waals surface area contributed by atoms with E-state index in [-0.39, 0.29) is 0 Å². The predicted octanol–water partition coefficient (Wildman–Crippen LogP) is 30.2. The normalized spacial score (nSPS) is 32.0. The van der Waals surface area contributed by atoms with Gasteiger partial charge in [-0.1, -0.05) is 187 Å². The molecule has 18 rings (SSSR count). The van der Waals surface area contributed by atoms with E-state index < -0.39 is 0 Å². The Bertz CT molecular complexity index is 2390. The first-order valence-corrected chi connectivity index (χ1v) is 65.3. The van der Waals surface area contributed by atoms with E-state index in [2.05, 4.69) is 152 Å². The van der Waals surface area contributed by atoms with E-state index >= 15 is 0 Å². The number of nitrogens with one attached hydrogen (secondary N) is 9. The van der Waals surface area contributed by atoms with E-state index in [0.717, 1.165) is 281 Å². The van der Waals surface area contributed by atoms with Gasteiger partial charge < -0.3 is 90.5 Å². The van der Waals surface area contributed by atoms with Crippen LogP contribution in [-0.2, 0) is 42.6 Å². The van der Waals surface area contributed by atoms with Crippen LogP contribution in [0, 0.1) is 69.5 Å². The molecule has 0 aromatic carbocycles. The van der Waals surface area contributed by atoms with E-state index in [4.69, 9.17) is 42.6 Å². The van der Waals surface area contributed by atoms with Crippen LogP contribution in [0.15, 0.2) is 0 Å². The van der Waals surface area contributed by atoms with Crippen LogP contribution < -0.4 is 47.9 Å². The molecule has 0 aromatic rings. The number of rotatable bonds is 18. The monoisotopic (exact) mass is 2080 g/mol. The highest BCUT2D eigenvalue weighted by atomic mass is 16.5. The molecular weight excluding hydrogens is 1820 g/mol. The second-order valence-electron chi connectivity index (χ2n) is 51.0. The first kappa shape index (κ1) is 139. The fourth-order valence-electron chi connectivity index (χ4n) is 25.7. The number of hydrogen-bond donors (Lipinski definition) is 9. The first-order chi connectivity index (χ1) is 71.2. The third-order valence-corrected chi connectivity index (χ3v) is 36.2. The molecule has 876 valence electrons. The van der Waals surface area contributed by atoms with Gasteiger partial charge >= 0.3 is 0 Å². The molecule has 9 aliphatic carbocycles. The van der Waals surface area contributed by atoms with Gasteiger partial charge in [-0.3, -0.25) is 0 Å². The third kappa shape index (κ3) is 64.4. The lowest BCUT2D eigenvalue weighted by Crippen LogP contribution is -2.44. The zero-order chi connectivity index (χ0) is 108. The van der Waals surface area contributed by atoms with Crippen molar-refractivity contribution < 1.29 is 42.6 Å². The Balaban J connectivity index is 0.000000340. The zero-order valence-corrected chi connectivity index (χ0v) is 103. The van der Waals surface area contributed by atoms with Crippen LogP contribution in [0.3, 0.4) is 0 Å². The van der Waals surface area contributed by atoms with Gasteiger partial charge in [-0.25, -0.2) is 0 Å². The molecule has 9 heterocycles. The van der Waals surface area contributed by atoms with Gasteiger partial charge in [0, 0.05) is 228 Å². The molecule has 18 heteroatoms. The van der Waals surface area contributed by atoms with Crippen molar-refractivity contribution >= 4 is 0 Å². The van der Waals surface area contributed by atoms with Crippen molar-refractivity contribution in [3.8, 4) is 0 Å². The van der Waals surface area contributed by atoms with Crippen molar-refractivity contribution in [1.82, 2.24) is 47.9 Å². The Morgan fingerprint density at radius 3 is 0.272 bits per heavy atom. The highest BCUT2D eigenvalue weighted by molar-refractivity contribution is 4.93. The average molecular weight is 2080 g/mol. The molecule has 0 radical (unpaired) electrons. The van der Waals surface area contributed by atoms with Crippen LogP contribution >= 0.6 is 0 Å². The van der Waals surface area contributed by atoms with Crippen LogP contribution in [0.25, 0.3) is 0 Å². The second-order valence-corrected chi connectivity index (χ2v) is 51.0. The van der Waals surface area contributed by atoms with Crippen LogP contribution in [-0.4, -0.2) is 228 Å². The lowest BCUT2D eigenvalue weighted by molar-refractivity contribution is 0.0695. The summed E-state index contributed by atoms with van der Waals surface area (Å²) in [6.45, 7) is 77.0. The van der Waals surface area contributed by atoms with Gasteiger partial charge in [0.05, 0.1) is 0 Å². The average Bonchev–Trinajstić information content (AvgIpc) is 0.855. The Morgan fingerprint density at radius 2 is 0.190 bits per heavy atom. The molecule has 9 N–H and O–H groups in total. The second kappa shape index (κ2) is 85.3. The van der Waals surface area contributed by atoms with Crippen molar-refractivity contribution in [2.24, 2.45) is 69.5 Å². The molecule has 18 fully saturated rings. The fourth-order valence-corrected chi connectivity index (χ4v) is 25.7. The van der Waals surface area contributed by atoms with E-state index in [0.29, 0.717) is 16.2 Å². The molecule has 18 nitrogen and oxygen atoms in total. The quantitative estimate of drug-likeness (QED) is 0.0629. The van der Waals surface area contributed by atoms with Gasteiger partial charge in [-0.15, -0.1) is 0 Å². The minimum Gasteiger partial charge on any atom is -0.381 e. The number of hydrogen-bond acceptors (Lipinski definition) is 18. The van der Waals surface area contributed by atoms with E-state index in [1.165, 1.54) is 347 Å². The summed E-state index contributed by atoms with van der Waals surface area (Å²) in [5, 5.41) is 34.3. The minimum atomic E-state index is 0.504. The van der Waals surface area contributed by atoms with Gasteiger partial charge in [0.1, 0.15) is 0 Å². The lowest BCUT2D eigenvalue weighted by Gasteiger charge is -2.38. The topological polar surface area (TPSA) is 191 Å². The van der Waals surface area contributed by atoms with Gasteiger partial charge in [0.2, 0.25) is 0 Å². The molecule has 9 saturated carbocycles. The molecule has 0 amide bonds.